The van der Waals surface area contributed by atoms with E-state index in [1.165, 1.54) is 12.5 Å². The molecular formula is C6H11N3O2S. The fourth-order valence-electron chi connectivity index (χ4n) is 0.747. The highest BCUT2D eigenvalue weighted by Gasteiger charge is 2.11. The molecule has 0 saturated heterocycles. The molecule has 0 unspecified atom stereocenters. The maximum Gasteiger partial charge on any atom is 0.257 e. The second-order valence-electron chi connectivity index (χ2n) is 2.80. The van der Waals surface area contributed by atoms with E-state index in [0.717, 1.165) is 0 Å². The number of hydrogen-bond acceptors (Lipinski definition) is 3. The molecule has 1 aromatic heterocycles. The maximum atomic E-state index is 10.8. The van der Waals surface area contributed by atoms with Gasteiger partial charge in [0.25, 0.3) is 10.0 Å². The monoisotopic (exact) mass is 189 g/mol. The molecule has 0 spiro atoms. The SMILES string of the molecule is CC(C)n1cnc(S(N)(=O)=O)c1. The Bertz CT molecular complexity index is 366. The molecular weight excluding hydrogens is 178 g/mol. The molecule has 5 nitrogen and oxygen atoms in total. The molecule has 68 valence electrons. The van der Waals surface area contributed by atoms with Crippen LogP contribution in [0, 0.1) is 0 Å². The molecule has 12 heavy (non-hydrogen) atoms. The van der Waals surface area contributed by atoms with Crippen molar-refractivity contribution in [1.82, 2.24) is 9.55 Å². The average Bonchev–Trinajstić information content (AvgIpc) is 2.30. The van der Waals surface area contributed by atoms with Gasteiger partial charge < -0.3 is 4.57 Å². The first-order valence-corrected chi connectivity index (χ1v) is 5.02. The number of nitrogens with zero attached hydrogens (tertiary/aromatic N) is 2. The van der Waals surface area contributed by atoms with Gasteiger partial charge in [0.2, 0.25) is 0 Å². The van der Waals surface area contributed by atoms with Gasteiger partial charge in [0.1, 0.15) is 0 Å². The zero-order chi connectivity index (χ0) is 9.35. The van der Waals surface area contributed by atoms with Crippen molar-refractivity contribution in [2.75, 3.05) is 0 Å². The Balaban J connectivity index is 3.09. The van der Waals surface area contributed by atoms with Crippen molar-refractivity contribution in [1.29, 1.82) is 0 Å². The summed E-state index contributed by atoms with van der Waals surface area (Å²) in [7, 11) is -3.65. The lowest BCUT2D eigenvalue weighted by atomic mass is 10.4. The Kier molecular flexibility index (Phi) is 2.20. The quantitative estimate of drug-likeness (QED) is 0.717. The second-order valence-corrected chi connectivity index (χ2v) is 4.31. The molecule has 0 fully saturated rings. The Morgan fingerprint density at radius 3 is 2.42 bits per heavy atom. The van der Waals surface area contributed by atoms with Crippen LogP contribution in [0.3, 0.4) is 0 Å². The number of rotatable bonds is 2. The largest absolute Gasteiger partial charge is 0.334 e. The Morgan fingerprint density at radius 2 is 2.17 bits per heavy atom. The normalized spacial score (nSPS) is 12.3. The average molecular weight is 189 g/mol. The molecule has 0 bridgehead atoms. The summed E-state index contributed by atoms with van der Waals surface area (Å²) in [6.07, 6.45) is 2.87. The van der Waals surface area contributed by atoms with Gasteiger partial charge in [0.15, 0.2) is 5.03 Å². The number of primary sulfonamides is 1. The third kappa shape index (κ3) is 1.83. The number of imidazole rings is 1. The Hall–Kier alpha value is -0.880. The van der Waals surface area contributed by atoms with E-state index in [9.17, 15) is 8.42 Å². The van der Waals surface area contributed by atoms with E-state index in [1.807, 2.05) is 13.8 Å². The highest BCUT2D eigenvalue weighted by Crippen LogP contribution is 2.07. The third-order valence-electron chi connectivity index (χ3n) is 1.47. The van der Waals surface area contributed by atoms with E-state index in [2.05, 4.69) is 4.98 Å². The summed E-state index contributed by atoms with van der Waals surface area (Å²) >= 11 is 0. The fourth-order valence-corrected chi connectivity index (χ4v) is 1.21. The summed E-state index contributed by atoms with van der Waals surface area (Å²) in [6, 6.07) is 0.188. The molecule has 0 aliphatic carbocycles. The lowest BCUT2D eigenvalue weighted by Gasteiger charge is -2.03. The minimum atomic E-state index is -3.65. The van der Waals surface area contributed by atoms with Crippen LogP contribution in [0.5, 0.6) is 0 Å². The zero-order valence-electron chi connectivity index (χ0n) is 6.93. The minimum Gasteiger partial charge on any atom is -0.334 e. The minimum absolute atomic E-state index is 0.0869. The molecule has 1 rings (SSSR count). The second kappa shape index (κ2) is 2.87. The maximum absolute atomic E-state index is 10.8. The summed E-state index contributed by atoms with van der Waals surface area (Å²) in [5.41, 5.74) is 0. The van der Waals surface area contributed by atoms with Gasteiger partial charge in [-0.05, 0) is 13.8 Å². The molecule has 0 aliphatic rings. The van der Waals surface area contributed by atoms with Crippen LogP contribution in [-0.2, 0) is 10.0 Å². The molecule has 6 heteroatoms. The van der Waals surface area contributed by atoms with Crippen LogP contribution in [0.25, 0.3) is 0 Å². The van der Waals surface area contributed by atoms with E-state index >= 15 is 0 Å². The number of aromatic nitrogens is 2. The van der Waals surface area contributed by atoms with Crippen molar-refractivity contribution in [2.45, 2.75) is 24.9 Å². The van der Waals surface area contributed by atoms with Gasteiger partial charge in [-0.1, -0.05) is 0 Å². The van der Waals surface area contributed by atoms with Crippen LogP contribution in [0.2, 0.25) is 0 Å². The van der Waals surface area contributed by atoms with E-state index < -0.39 is 10.0 Å². The molecule has 1 aromatic rings. The molecule has 0 aromatic carbocycles. The van der Waals surface area contributed by atoms with Crippen LogP contribution in [-0.4, -0.2) is 18.0 Å². The van der Waals surface area contributed by atoms with Crippen LogP contribution < -0.4 is 5.14 Å². The predicted octanol–water partition coefficient (Wildman–Crippen LogP) is 0.111. The van der Waals surface area contributed by atoms with Gasteiger partial charge in [0, 0.05) is 12.2 Å². The molecule has 0 saturated carbocycles. The first kappa shape index (κ1) is 9.21. The van der Waals surface area contributed by atoms with Gasteiger partial charge in [0.05, 0.1) is 6.33 Å². The van der Waals surface area contributed by atoms with Gasteiger partial charge in [-0.3, -0.25) is 0 Å². The van der Waals surface area contributed by atoms with Crippen molar-refractivity contribution in [2.24, 2.45) is 5.14 Å². The topological polar surface area (TPSA) is 78.0 Å². The molecule has 1 heterocycles. The van der Waals surface area contributed by atoms with E-state index in [-0.39, 0.29) is 11.1 Å². The third-order valence-corrected chi connectivity index (χ3v) is 2.26. The zero-order valence-corrected chi connectivity index (χ0v) is 7.75. The van der Waals surface area contributed by atoms with Gasteiger partial charge in [-0.15, -0.1) is 0 Å². The molecule has 0 aliphatic heterocycles. The van der Waals surface area contributed by atoms with Crippen LogP contribution in [0.15, 0.2) is 17.6 Å². The lowest BCUT2D eigenvalue weighted by Crippen LogP contribution is -2.12. The fraction of sp³-hybridized carbons (Fsp3) is 0.500. The lowest BCUT2D eigenvalue weighted by molar-refractivity contribution is 0.589. The Labute approximate surface area is 71.3 Å². The number of sulfonamides is 1. The van der Waals surface area contributed by atoms with E-state index in [1.54, 1.807) is 4.57 Å². The van der Waals surface area contributed by atoms with Gasteiger partial charge >= 0.3 is 0 Å². The number of hydrogen-bond donors (Lipinski definition) is 1. The van der Waals surface area contributed by atoms with Crippen molar-refractivity contribution in [3.05, 3.63) is 12.5 Å². The summed E-state index contributed by atoms with van der Waals surface area (Å²) in [6.45, 7) is 3.85. The number of nitrogens with two attached hydrogens (primary N) is 1. The molecule has 0 atom stereocenters. The van der Waals surface area contributed by atoms with Gasteiger partial charge in [-0.25, -0.2) is 18.5 Å². The molecule has 0 amide bonds. The standard InChI is InChI=1S/C6H11N3O2S/c1-5(2)9-3-6(8-4-9)12(7,10)11/h3-5H,1-2H3,(H2,7,10,11). The smallest absolute Gasteiger partial charge is 0.257 e. The highest BCUT2D eigenvalue weighted by atomic mass is 32.2. The van der Waals surface area contributed by atoms with Crippen LogP contribution in [0.1, 0.15) is 19.9 Å². The summed E-state index contributed by atoms with van der Waals surface area (Å²) in [5, 5.41) is 4.78. The molecule has 2 N–H and O–H groups in total. The highest BCUT2D eigenvalue weighted by molar-refractivity contribution is 7.89. The van der Waals surface area contributed by atoms with Crippen molar-refractivity contribution < 1.29 is 8.42 Å². The van der Waals surface area contributed by atoms with E-state index in [0.29, 0.717) is 0 Å². The van der Waals surface area contributed by atoms with Crippen molar-refractivity contribution in [3.63, 3.8) is 0 Å². The summed E-state index contributed by atoms with van der Waals surface area (Å²) in [5.74, 6) is 0. The Morgan fingerprint density at radius 1 is 1.58 bits per heavy atom. The van der Waals surface area contributed by atoms with Crippen molar-refractivity contribution in [3.8, 4) is 0 Å². The first-order chi connectivity index (χ1) is 5.41. The van der Waals surface area contributed by atoms with Crippen LogP contribution in [0.4, 0.5) is 0 Å². The van der Waals surface area contributed by atoms with Gasteiger partial charge in [-0.2, -0.15) is 0 Å². The van der Waals surface area contributed by atoms with Crippen molar-refractivity contribution >= 4 is 10.0 Å². The predicted molar refractivity (Wildman–Crippen MR) is 44.0 cm³/mol. The summed E-state index contributed by atoms with van der Waals surface area (Å²) < 4.78 is 23.2. The first-order valence-electron chi connectivity index (χ1n) is 3.47. The molecule has 0 radical (unpaired) electrons. The van der Waals surface area contributed by atoms with E-state index in [4.69, 9.17) is 5.14 Å². The van der Waals surface area contributed by atoms with Crippen LogP contribution >= 0.6 is 0 Å². The summed E-state index contributed by atoms with van der Waals surface area (Å²) in [4.78, 5) is 3.66.